The van der Waals surface area contributed by atoms with Crippen molar-refractivity contribution in [1.29, 1.82) is 0 Å². The van der Waals surface area contributed by atoms with Gasteiger partial charge in [-0.2, -0.15) is 13.2 Å². The lowest BCUT2D eigenvalue weighted by Crippen LogP contribution is -2.04. The van der Waals surface area contributed by atoms with Gasteiger partial charge in [0.2, 0.25) is 0 Å². The topological polar surface area (TPSA) is 26.3 Å². The Morgan fingerprint density at radius 3 is 2.41 bits per heavy atom. The molecule has 1 aromatic carbocycles. The molecule has 0 bridgehead atoms. The number of hydrogen-bond donors (Lipinski definition) is 0. The van der Waals surface area contributed by atoms with Gasteiger partial charge in [0.05, 0.1) is 12.2 Å². The van der Waals surface area contributed by atoms with E-state index in [0.717, 1.165) is 22.6 Å². The molecule has 118 valence electrons. The first-order valence-electron chi connectivity index (χ1n) is 6.40. The Bertz CT molecular complexity index is 662. The highest BCUT2D eigenvalue weighted by Crippen LogP contribution is 2.35. The van der Waals surface area contributed by atoms with Gasteiger partial charge in [-0.25, -0.2) is 4.79 Å². The largest absolute Gasteiger partial charge is 0.462 e. The predicted molar refractivity (Wildman–Crippen MR) is 83.3 cm³/mol. The molecule has 0 unspecified atom stereocenters. The van der Waals surface area contributed by atoms with Gasteiger partial charge in [-0.05, 0) is 36.2 Å². The van der Waals surface area contributed by atoms with Crippen LogP contribution in [-0.4, -0.2) is 12.6 Å². The second-order valence-electron chi connectivity index (χ2n) is 4.39. The summed E-state index contributed by atoms with van der Waals surface area (Å²) < 4.78 is 42.7. The molecular weight excluding hydrogens is 381 g/mol. The van der Waals surface area contributed by atoms with Gasteiger partial charge in [-0.3, -0.25) is 0 Å². The van der Waals surface area contributed by atoms with Crippen LogP contribution < -0.4 is 0 Å². The fourth-order valence-electron chi connectivity index (χ4n) is 1.86. The van der Waals surface area contributed by atoms with Gasteiger partial charge in [-0.1, -0.05) is 28.1 Å². The Balaban J connectivity index is 2.35. The summed E-state index contributed by atoms with van der Waals surface area (Å²) in [6.45, 7) is 1.99. The number of rotatable bonds is 4. The number of esters is 1. The van der Waals surface area contributed by atoms with Crippen LogP contribution in [-0.2, 0) is 16.2 Å². The summed E-state index contributed by atoms with van der Waals surface area (Å²) in [6, 6.07) is 6.66. The van der Waals surface area contributed by atoms with Gasteiger partial charge in [0.25, 0.3) is 0 Å². The average Bonchev–Trinajstić information content (AvgIpc) is 2.91. The molecule has 0 spiro atoms. The average molecular weight is 393 g/mol. The minimum Gasteiger partial charge on any atom is -0.462 e. The van der Waals surface area contributed by atoms with Crippen LogP contribution in [0.5, 0.6) is 0 Å². The normalized spacial score (nSPS) is 11.5. The van der Waals surface area contributed by atoms with Crippen molar-refractivity contribution < 1.29 is 22.7 Å². The summed E-state index contributed by atoms with van der Waals surface area (Å²) >= 11 is 4.51. The zero-order valence-corrected chi connectivity index (χ0v) is 13.9. The van der Waals surface area contributed by atoms with Crippen molar-refractivity contribution in [1.82, 2.24) is 0 Å². The molecule has 0 aliphatic carbocycles. The maximum Gasteiger partial charge on any atom is 0.416 e. The lowest BCUT2D eigenvalue weighted by molar-refractivity contribution is -0.137. The SMILES string of the molecule is CCOC(=O)c1sc(-c2ccc(C(F)(F)F)cc2)cc1CBr. The highest BCUT2D eigenvalue weighted by atomic mass is 79.9. The molecule has 0 aliphatic heterocycles. The van der Waals surface area contributed by atoms with Crippen LogP contribution in [0.25, 0.3) is 10.4 Å². The molecule has 22 heavy (non-hydrogen) atoms. The van der Waals surface area contributed by atoms with Gasteiger partial charge in [0.1, 0.15) is 4.88 Å². The lowest BCUT2D eigenvalue weighted by atomic mass is 10.1. The molecule has 1 heterocycles. The molecule has 0 saturated carbocycles. The van der Waals surface area contributed by atoms with Crippen molar-refractivity contribution >= 4 is 33.2 Å². The molecule has 0 aliphatic rings. The Morgan fingerprint density at radius 2 is 1.91 bits per heavy atom. The molecular formula is C15H12BrF3O2S. The summed E-state index contributed by atoms with van der Waals surface area (Å²) in [4.78, 5) is 13.1. The van der Waals surface area contributed by atoms with Crippen molar-refractivity contribution in [3.8, 4) is 10.4 Å². The van der Waals surface area contributed by atoms with Crippen LogP contribution >= 0.6 is 27.3 Å². The number of thiophene rings is 1. The predicted octanol–water partition coefficient (Wildman–Crippen LogP) is 5.51. The van der Waals surface area contributed by atoms with E-state index in [1.54, 1.807) is 13.0 Å². The summed E-state index contributed by atoms with van der Waals surface area (Å²) in [5.74, 6) is -0.417. The molecule has 0 atom stereocenters. The molecule has 7 heteroatoms. The number of hydrogen-bond acceptors (Lipinski definition) is 3. The van der Waals surface area contributed by atoms with E-state index in [1.807, 2.05) is 0 Å². The van der Waals surface area contributed by atoms with Gasteiger partial charge in [0, 0.05) is 10.2 Å². The second kappa shape index (κ2) is 6.83. The second-order valence-corrected chi connectivity index (χ2v) is 6.01. The van der Waals surface area contributed by atoms with E-state index in [0.29, 0.717) is 15.8 Å². The lowest BCUT2D eigenvalue weighted by Gasteiger charge is -2.06. The molecule has 2 aromatic rings. The summed E-state index contributed by atoms with van der Waals surface area (Å²) in [6.07, 6.45) is -4.36. The molecule has 2 nitrogen and oxygen atoms in total. The van der Waals surface area contributed by atoms with Gasteiger partial charge >= 0.3 is 12.1 Å². The molecule has 1 aromatic heterocycles. The van der Waals surface area contributed by atoms with Crippen molar-refractivity contribution in [2.45, 2.75) is 18.4 Å². The number of carbonyl (C=O) groups is 1. The van der Waals surface area contributed by atoms with Crippen LogP contribution in [0, 0.1) is 0 Å². The Morgan fingerprint density at radius 1 is 1.27 bits per heavy atom. The smallest absolute Gasteiger partial charge is 0.416 e. The van der Waals surface area contributed by atoms with Gasteiger partial charge in [0.15, 0.2) is 0 Å². The first-order chi connectivity index (χ1) is 10.4. The highest BCUT2D eigenvalue weighted by molar-refractivity contribution is 9.08. The van der Waals surface area contributed by atoms with E-state index in [-0.39, 0.29) is 6.61 Å². The maximum absolute atomic E-state index is 12.6. The zero-order valence-electron chi connectivity index (χ0n) is 11.5. The third-order valence-electron chi connectivity index (χ3n) is 2.91. The number of carbonyl (C=O) groups excluding carboxylic acids is 1. The van der Waals surface area contributed by atoms with E-state index in [4.69, 9.17) is 4.74 Å². The number of benzene rings is 1. The molecule has 0 fully saturated rings. The first-order valence-corrected chi connectivity index (χ1v) is 8.34. The van der Waals surface area contributed by atoms with Gasteiger partial charge in [-0.15, -0.1) is 11.3 Å². The van der Waals surface area contributed by atoms with Crippen LogP contribution in [0.15, 0.2) is 30.3 Å². The summed E-state index contributed by atoms with van der Waals surface area (Å²) in [5, 5.41) is 0.471. The van der Waals surface area contributed by atoms with Crippen molar-refractivity contribution in [2.75, 3.05) is 6.61 Å². The monoisotopic (exact) mass is 392 g/mol. The number of halogens is 4. The third kappa shape index (κ3) is 3.70. The van der Waals surface area contributed by atoms with Crippen LogP contribution in [0.3, 0.4) is 0 Å². The van der Waals surface area contributed by atoms with E-state index in [9.17, 15) is 18.0 Å². The van der Waals surface area contributed by atoms with Crippen molar-refractivity contribution in [3.05, 3.63) is 46.3 Å². The first kappa shape index (κ1) is 17.0. The maximum atomic E-state index is 12.6. The minimum absolute atomic E-state index is 0.272. The molecule has 0 amide bonds. The molecule has 0 saturated heterocycles. The summed E-state index contributed by atoms with van der Waals surface area (Å²) in [7, 11) is 0. The van der Waals surface area contributed by atoms with E-state index in [1.165, 1.54) is 23.5 Å². The quantitative estimate of drug-likeness (QED) is 0.506. The Labute approximate surface area is 138 Å². The third-order valence-corrected chi connectivity index (χ3v) is 4.72. The fourth-order valence-corrected chi connectivity index (χ4v) is 3.57. The van der Waals surface area contributed by atoms with Crippen LogP contribution in [0.2, 0.25) is 0 Å². The fraction of sp³-hybridized carbons (Fsp3) is 0.267. The van der Waals surface area contributed by atoms with Gasteiger partial charge < -0.3 is 4.74 Å². The Kier molecular flexibility index (Phi) is 5.28. The van der Waals surface area contributed by atoms with Crippen LogP contribution in [0.1, 0.15) is 27.7 Å². The van der Waals surface area contributed by atoms with E-state index < -0.39 is 17.7 Å². The minimum atomic E-state index is -4.36. The molecule has 0 radical (unpaired) electrons. The van der Waals surface area contributed by atoms with E-state index >= 15 is 0 Å². The number of alkyl halides is 4. The standard InChI is InChI=1S/C15H12BrF3O2S/c1-2-21-14(20)13-10(8-16)7-12(22-13)9-3-5-11(6-4-9)15(17,18)19/h3-7H,2,8H2,1H3. The van der Waals surface area contributed by atoms with Crippen molar-refractivity contribution in [2.24, 2.45) is 0 Å². The highest BCUT2D eigenvalue weighted by Gasteiger charge is 2.30. The number of ether oxygens (including phenoxy) is 1. The summed E-state index contributed by atoms with van der Waals surface area (Å²) in [5.41, 5.74) is 0.702. The van der Waals surface area contributed by atoms with Crippen LogP contribution in [0.4, 0.5) is 13.2 Å². The Hall–Kier alpha value is -1.34. The van der Waals surface area contributed by atoms with Crippen molar-refractivity contribution in [3.63, 3.8) is 0 Å². The zero-order chi connectivity index (χ0) is 16.3. The molecule has 0 N–H and O–H groups in total. The van der Waals surface area contributed by atoms with E-state index in [2.05, 4.69) is 15.9 Å². The molecule has 2 rings (SSSR count).